The van der Waals surface area contributed by atoms with Crippen molar-refractivity contribution < 1.29 is 62.5 Å². The zero-order chi connectivity index (χ0) is 45.6. The maximum Gasteiger partial charge on any atom is 0.324 e. The number of ketones is 1. The Hall–Kier alpha value is -2.49. The first-order valence-corrected chi connectivity index (χ1v) is 22.1. The summed E-state index contributed by atoms with van der Waals surface area (Å²) in [7, 11) is 5.28. The van der Waals surface area contributed by atoms with E-state index in [0.717, 1.165) is 0 Å². The van der Waals surface area contributed by atoms with Gasteiger partial charge in [0.1, 0.15) is 36.7 Å². The number of Topliss-reactive ketones (excluding diaryl/α,β-unsaturated/α-hetero) is 1. The summed E-state index contributed by atoms with van der Waals surface area (Å²) in [6.45, 7) is 22.5. The Morgan fingerprint density at radius 3 is 2.26 bits per heavy atom. The van der Waals surface area contributed by atoms with E-state index in [1.807, 2.05) is 65.4 Å². The third-order valence-electron chi connectivity index (χ3n) is 14.7. The molecule has 0 bridgehead atoms. The van der Waals surface area contributed by atoms with Gasteiger partial charge in [-0.05, 0) is 74.9 Å². The number of methoxy groups -OCH3 is 1. The lowest BCUT2D eigenvalue weighted by atomic mass is 9.62. The zero-order valence-electron chi connectivity index (χ0n) is 38.8. The average molecular weight is 863 g/mol. The molecule has 1 unspecified atom stereocenters. The Balaban J connectivity index is 1.71. The van der Waals surface area contributed by atoms with E-state index in [1.54, 1.807) is 33.8 Å². The van der Waals surface area contributed by atoms with Crippen molar-refractivity contribution in [1.29, 1.82) is 0 Å². The number of likely N-dealkylation sites (tertiary alicyclic amines) is 1. The maximum atomic E-state index is 15.4. The monoisotopic (exact) mass is 863 g/mol. The average Bonchev–Trinajstić information content (AvgIpc) is 3.67. The van der Waals surface area contributed by atoms with Crippen LogP contribution in [-0.2, 0) is 52.3 Å². The lowest BCUT2D eigenvalue weighted by Gasteiger charge is -2.50. The summed E-state index contributed by atoms with van der Waals surface area (Å²) >= 11 is 0. The lowest BCUT2D eigenvalue weighted by molar-refractivity contribution is -0.320. The second-order valence-electron chi connectivity index (χ2n) is 19.6. The van der Waals surface area contributed by atoms with Crippen molar-refractivity contribution in [2.24, 2.45) is 29.1 Å². The number of carbonyl (C=O) groups is 3. The van der Waals surface area contributed by atoms with Crippen LogP contribution in [-0.4, -0.2) is 163 Å². The molecule has 15 heteroatoms. The molecule has 0 aromatic carbocycles. The summed E-state index contributed by atoms with van der Waals surface area (Å²) in [6, 6.07) is -1.10. The summed E-state index contributed by atoms with van der Waals surface area (Å²) < 4.78 is 51.7. The van der Waals surface area contributed by atoms with E-state index in [-0.39, 0.29) is 50.3 Å². The fraction of sp³-hybridized carbons (Fsp3) is 0.848. The van der Waals surface area contributed by atoms with Gasteiger partial charge < -0.3 is 53.0 Å². The third-order valence-corrected chi connectivity index (χ3v) is 14.7. The molecule has 0 aromatic heterocycles. The first-order valence-electron chi connectivity index (χ1n) is 22.1. The minimum Gasteiger partial charge on any atom is -0.458 e. The number of cyclic esters (lactones) is 1. The number of likely N-dealkylation sites (N-methyl/N-ethyl adjacent to an activating group) is 1. The Kier molecular flexibility index (Phi) is 15.4. The van der Waals surface area contributed by atoms with Gasteiger partial charge in [-0.3, -0.25) is 19.3 Å². The topological polar surface area (TPSA) is 172 Å². The van der Waals surface area contributed by atoms with Gasteiger partial charge >= 0.3 is 11.9 Å². The standard InChI is InChI=1S/C46H74N2O13/c1-16-19-48-24-43(9)36-33(48)41(53)61-46(36,12)31(18-3)58-40(52)28(7)35(59-32-23-44(10,54-15)38(51)29(8)57-32)27(6)39(45(11,55-20-17-2)22-25(4)37(43)50)60-42-34(49)30(47(13)14)21-26(5)56-42/h2,16,25-36,38-39,42,49,51H,1,18-24H2,3-15H3/t25-,26-,27-,28-,29+,30+,31-,32+,33-,34-,35?,36-,38+,39-,42+,43-,44-,45+,46-/m1/s1. The number of hydrogen-bond acceptors (Lipinski definition) is 15. The SMILES string of the molecule is C#CCO[C@@]1(C)C[C@@H](C)C(=O)[C@]2(C)CN(CC=C)[C@H]3C(=O)O[C@](C)([C@@H](CC)OC(=O)[C@H](C)C(O[C@H]4C[C@@](C)(OC)[C@@H](O)[C@H](C)O4)[C@@H](C)[C@H]1O[C@@H]1O[C@H](C)C[C@H](N(C)C)[C@H]1O)[C@H]32. The van der Waals surface area contributed by atoms with Gasteiger partial charge in [0.15, 0.2) is 18.2 Å². The molecule has 0 amide bonds. The van der Waals surface area contributed by atoms with Crippen molar-refractivity contribution >= 4 is 17.7 Å². The van der Waals surface area contributed by atoms with Crippen LogP contribution in [0.2, 0.25) is 0 Å². The van der Waals surface area contributed by atoms with Gasteiger partial charge in [0.2, 0.25) is 0 Å². The number of carbonyl (C=O) groups excluding carboxylic acids is 3. The molecule has 5 heterocycles. The summed E-state index contributed by atoms with van der Waals surface area (Å²) in [5.74, 6) is -1.84. The van der Waals surface area contributed by atoms with E-state index in [4.69, 9.17) is 44.3 Å². The number of esters is 2. The molecule has 2 N–H and O–H groups in total. The van der Waals surface area contributed by atoms with Crippen molar-refractivity contribution in [2.75, 3.05) is 40.9 Å². The summed E-state index contributed by atoms with van der Waals surface area (Å²) in [6.07, 6.45) is 0.396. The van der Waals surface area contributed by atoms with Crippen LogP contribution in [0.1, 0.15) is 94.9 Å². The predicted molar refractivity (Wildman–Crippen MR) is 225 cm³/mol. The van der Waals surface area contributed by atoms with E-state index in [0.29, 0.717) is 13.0 Å². The van der Waals surface area contributed by atoms with Gasteiger partial charge in [-0.1, -0.05) is 39.7 Å². The Morgan fingerprint density at radius 1 is 1.00 bits per heavy atom. The normalized spacial score (nSPS) is 47.6. The molecule has 5 aliphatic rings. The Bertz CT molecular complexity index is 1640. The Morgan fingerprint density at radius 2 is 1.67 bits per heavy atom. The van der Waals surface area contributed by atoms with Crippen molar-refractivity contribution in [3.8, 4) is 12.3 Å². The first-order chi connectivity index (χ1) is 28.5. The highest BCUT2D eigenvalue weighted by Crippen LogP contribution is 2.56. The van der Waals surface area contributed by atoms with Gasteiger partial charge in [-0.2, -0.15) is 0 Å². The second-order valence-corrected chi connectivity index (χ2v) is 19.6. The van der Waals surface area contributed by atoms with Crippen LogP contribution in [0.3, 0.4) is 0 Å². The van der Waals surface area contributed by atoms with Gasteiger partial charge in [0.25, 0.3) is 0 Å². The van der Waals surface area contributed by atoms with Crippen LogP contribution in [0.4, 0.5) is 0 Å². The van der Waals surface area contributed by atoms with Gasteiger partial charge in [0, 0.05) is 55.8 Å². The summed E-state index contributed by atoms with van der Waals surface area (Å²) in [5.41, 5.74) is -4.95. The van der Waals surface area contributed by atoms with E-state index >= 15 is 4.79 Å². The Labute approximate surface area is 363 Å². The molecule has 15 nitrogen and oxygen atoms in total. The van der Waals surface area contributed by atoms with E-state index in [2.05, 4.69) is 12.5 Å². The molecule has 0 aromatic rings. The van der Waals surface area contributed by atoms with Crippen molar-refractivity contribution in [1.82, 2.24) is 9.80 Å². The van der Waals surface area contributed by atoms with Crippen molar-refractivity contribution in [3.05, 3.63) is 12.7 Å². The molecule has 0 saturated carbocycles. The highest BCUT2D eigenvalue weighted by molar-refractivity contribution is 5.91. The fourth-order valence-corrected chi connectivity index (χ4v) is 11.6. The van der Waals surface area contributed by atoms with Crippen LogP contribution in [0, 0.1) is 41.4 Å². The fourth-order valence-electron chi connectivity index (χ4n) is 11.6. The largest absolute Gasteiger partial charge is 0.458 e. The number of aliphatic hydroxyl groups is 2. The van der Waals surface area contributed by atoms with Crippen LogP contribution in [0.5, 0.6) is 0 Å². The molecular weight excluding hydrogens is 789 g/mol. The smallest absolute Gasteiger partial charge is 0.324 e. The van der Waals surface area contributed by atoms with E-state index in [9.17, 15) is 19.8 Å². The van der Waals surface area contributed by atoms with E-state index in [1.165, 1.54) is 7.11 Å². The van der Waals surface area contributed by atoms with Crippen LogP contribution < -0.4 is 0 Å². The predicted octanol–water partition coefficient (Wildman–Crippen LogP) is 3.50. The van der Waals surface area contributed by atoms with Crippen LogP contribution in [0.25, 0.3) is 0 Å². The van der Waals surface area contributed by atoms with Crippen LogP contribution >= 0.6 is 0 Å². The molecule has 0 spiro atoms. The molecule has 61 heavy (non-hydrogen) atoms. The van der Waals surface area contributed by atoms with Gasteiger partial charge in [0.05, 0.1) is 41.5 Å². The van der Waals surface area contributed by atoms with Crippen LogP contribution in [0.15, 0.2) is 12.7 Å². The summed E-state index contributed by atoms with van der Waals surface area (Å²) in [4.78, 5) is 48.0. The lowest BCUT2D eigenvalue weighted by Crippen LogP contribution is -2.61. The quantitative estimate of drug-likeness (QED) is 0.176. The number of hydrogen-bond donors (Lipinski definition) is 2. The second kappa shape index (κ2) is 18.9. The molecule has 5 saturated heterocycles. The summed E-state index contributed by atoms with van der Waals surface area (Å²) in [5, 5.41) is 22.9. The molecule has 5 fully saturated rings. The van der Waals surface area contributed by atoms with E-state index < -0.39 is 113 Å². The minimum absolute atomic E-state index is 0.0889. The molecule has 0 aliphatic carbocycles. The molecule has 5 rings (SSSR count). The number of terminal acetylenes is 1. The number of ether oxygens (including phenoxy) is 8. The van der Waals surface area contributed by atoms with Gasteiger partial charge in [-0.25, -0.2) is 0 Å². The number of rotatable bonds is 11. The highest BCUT2D eigenvalue weighted by atomic mass is 16.7. The highest BCUT2D eigenvalue weighted by Gasteiger charge is 2.71. The molecular formula is C46H74N2O13. The third kappa shape index (κ3) is 9.24. The zero-order valence-corrected chi connectivity index (χ0v) is 38.8. The van der Waals surface area contributed by atoms with Crippen molar-refractivity contribution in [3.63, 3.8) is 0 Å². The number of nitrogens with zero attached hydrogens (tertiary/aromatic N) is 2. The van der Waals surface area contributed by atoms with Crippen molar-refractivity contribution in [2.45, 2.75) is 179 Å². The first kappa shape index (κ1) is 49.5. The molecule has 346 valence electrons. The molecule has 19 atom stereocenters. The molecule has 0 radical (unpaired) electrons. The molecule has 5 aliphatic heterocycles. The minimum atomic E-state index is -1.38. The maximum absolute atomic E-state index is 15.4. The van der Waals surface area contributed by atoms with Gasteiger partial charge in [-0.15, -0.1) is 13.0 Å². The number of aliphatic hydroxyl groups excluding tert-OH is 2.